The molecule has 0 aliphatic carbocycles. The fourth-order valence-electron chi connectivity index (χ4n) is 3.32. The minimum atomic E-state index is -3.76. The zero-order valence-corrected chi connectivity index (χ0v) is 20.0. The van der Waals surface area contributed by atoms with Gasteiger partial charge in [0.05, 0.1) is 18.2 Å². The van der Waals surface area contributed by atoms with Crippen LogP contribution in [0.1, 0.15) is 17.0 Å². The monoisotopic (exact) mass is 492 g/mol. The number of para-hydroxylation sites is 1. The highest BCUT2D eigenvalue weighted by molar-refractivity contribution is 7.92. The Balaban J connectivity index is 1.75. The fraction of sp³-hybridized carbons (Fsp3) is 0.182. The third-order valence-corrected chi connectivity index (χ3v) is 6.28. The van der Waals surface area contributed by atoms with E-state index in [0.717, 1.165) is 33.2 Å². The van der Waals surface area contributed by atoms with E-state index < -0.39 is 22.5 Å². The fourth-order valence-corrected chi connectivity index (χ4v) is 4.67. The quantitative estimate of drug-likeness (QED) is 0.393. The van der Waals surface area contributed by atoms with E-state index in [-0.39, 0.29) is 15.7 Å². The van der Waals surface area contributed by atoms with Gasteiger partial charge in [0.25, 0.3) is 5.91 Å². The van der Waals surface area contributed by atoms with Gasteiger partial charge in [-0.05, 0) is 50.2 Å². The van der Waals surface area contributed by atoms with Crippen molar-refractivity contribution in [3.8, 4) is 5.69 Å². The van der Waals surface area contributed by atoms with Crippen LogP contribution in [-0.2, 0) is 14.8 Å². The number of nitrogens with one attached hydrogen (secondary N) is 1. The molecule has 3 rings (SSSR count). The maximum Gasteiger partial charge on any atom is 0.260 e. The number of halogens is 2. The van der Waals surface area contributed by atoms with Crippen molar-refractivity contribution in [2.24, 2.45) is 5.10 Å². The highest BCUT2D eigenvalue weighted by Crippen LogP contribution is 2.27. The van der Waals surface area contributed by atoms with E-state index in [0.29, 0.717) is 0 Å². The Bertz CT molecular complexity index is 1250. The van der Waals surface area contributed by atoms with Gasteiger partial charge in [-0.2, -0.15) is 5.10 Å². The van der Waals surface area contributed by atoms with Gasteiger partial charge in [0.1, 0.15) is 6.54 Å². The van der Waals surface area contributed by atoms with E-state index in [2.05, 4.69) is 15.1 Å². The van der Waals surface area contributed by atoms with Crippen LogP contribution in [0.15, 0.2) is 59.7 Å². The lowest BCUT2D eigenvalue weighted by atomic mass is 10.2. The summed E-state index contributed by atoms with van der Waals surface area (Å²) in [6.45, 7) is 3.46. The summed E-state index contributed by atoms with van der Waals surface area (Å²) in [5, 5.41) is 4.52. The van der Waals surface area contributed by atoms with Gasteiger partial charge in [-0.1, -0.05) is 41.4 Å². The lowest BCUT2D eigenvalue weighted by Gasteiger charge is -2.21. The van der Waals surface area contributed by atoms with Crippen LogP contribution in [0.2, 0.25) is 10.0 Å². The van der Waals surface area contributed by atoms with Gasteiger partial charge < -0.3 is 4.57 Å². The highest BCUT2D eigenvalue weighted by Gasteiger charge is 2.21. The second kappa shape index (κ2) is 9.77. The van der Waals surface area contributed by atoms with Crippen LogP contribution in [0.3, 0.4) is 0 Å². The van der Waals surface area contributed by atoms with Crippen molar-refractivity contribution in [2.45, 2.75) is 13.8 Å². The van der Waals surface area contributed by atoms with Crippen molar-refractivity contribution in [3.05, 3.63) is 81.6 Å². The summed E-state index contributed by atoms with van der Waals surface area (Å²) in [6.07, 6.45) is 2.53. The molecule has 1 aromatic heterocycles. The van der Waals surface area contributed by atoms with Crippen LogP contribution < -0.4 is 9.73 Å². The highest BCUT2D eigenvalue weighted by atomic mass is 35.5. The molecule has 0 fully saturated rings. The van der Waals surface area contributed by atoms with E-state index in [9.17, 15) is 13.2 Å². The van der Waals surface area contributed by atoms with E-state index in [1.54, 1.807) is 0 Å². The van der Waals surface area contributed by atoms with Crippen LogP contribution in [-0.4, -0.2) is 37.9 Å². The number of aromatic nitrogens is 1. The Morgan fingerprint density at radius 3 is 2.31 bits per heavy atom. The summed E-state index contributed by atoms with van der Waals surface area (Å²) in [6, 6.07) is 16.2. The smallest absolute Gasteiger partial charge is 0.260 e. The van der Waals surface area contributed by atoms with Gasteiger partial charge in [0.2, 0.25) is 10.0 Å². The number of carbonyl (C=O) groups is 1. The van der Waals surface area contributed by atoms with Gasteiger partial charge in [-0.15, -0.1) is 0 Å². The lowest BCUT2D eigenvalue weighted by molar-refractivity contribution is -0.119. The molecule has 32 heavy (non-hydrogen) atoms. The summed E-state index contributed by atoms with van der Waals surface area (Å²) in [4.78, 5) is 12.4. The number of nitrogens with zero attached hydrogens (tertiary/aromatic N) is 3. The summed E-state index contributed by atoms with van der Waals surface area (Å²) in [5.74, 6) is -0.611. The Morgan fingerprint density at radius 2 is 1.72 bits per heavy atom. The predicted molar refractivity (Wildman–Crippen MR) is 130 cm³/mol. The predicted octanol–water partition coefficient (Wildman–Crippen LogP) is 4.32. The van der Waals surface area contributed by atoms with Gasteiger partial charge in [0, 0.05) is 32.7 Å². The molecule has 2 aromatic carbocycles. The van der Waals surface area contributed by atoms with Gasteiger partial charge in [-0.3, -0.25) is 9.10 Å². The largest absolute Gasteiger partial charge is 0.318 e. The Kier molecular flexibility index (Phi) is 7.28. The second-order valence-electron chi connectivity index (χ2n) is 7.19. The van der Waals surface area contributed by atoms with Crippen molar-refractivity contribution in [3.63, 3.8) is 0 Å². The van der Waals surface area contributed by atoms with E-state index in [4.69, 9.17) is 23.2 Å². The number of hydrogen-bond donors (Lipinski definition) is 1. The number of carbonyl (C=O) groups excluding carboxylic acids is 1. The average molecular weight is 493 g/mol. The summed E-state index contributed by atoms with van der Waals surface area (Å²) < 4.78 is 27.4. The Labute approximate surface area is 197 Å². The molecule has 3 aromatic rings. The standard InChI is InChI=1S/C22H22Cl2N4O3S/c1-15-9-17(16(2)28(15)20-7-5-4-6-8-20)13-25-26-22(29)14-27(32(3,30)31)21-11-18(23)10-19(24)12-21/h4-13H,14H2,1-3H3,(H,26,29)/b25-13-. The maximum atomic E-state index is 12.4. The first kappa shape index (κ1) is 23.8. The van der Waals surface area contributed by atoms with E-state index in [1.165, 1.54) is 24.4 Å². The molecule has 1 N–H and O–H groups in total. The van der Waals surface area contributed by atoms with Gasteiger partial charge >= 0.3 is 0 Å². The molecule has 0 radical (unpaired) electrons. The zero-order valence-electron chi connectivity index (χ0n) is 17.7. The number of rotatable bonds is 7. The minimum Gasteiger partial charge on any atom is -0.318 e. The minimum absolute atomic E-state index is 0.190. The first-order valence-corrected chi connectivity index (χ1v) is 12.2. The van der Waals surface area contributed by atoms with Crippen LogP contribution >= 0.6 is 23.2 Å². The number of amides is 1. The van der Waals surface area contributed by atoms with Crippen molar-refractivity contribution in [2.75, 3.05) is 17.1 Å². The normalized spacial score (nSPS) is 11.7. The molecule has 168 valence electrons. The number of benzene rings is 2. The zero-order chi connectivity index (χ0) is 23.5. The number of anilines is 1. The van der Waals surface area contributed by atoms with Crippen molar-refractivity contribution in [1.29, 1.82) is 0 Å². The first-order valence-electron chi connectivity index (χ1n) is 9.56. The van der Waals surface area contributed by atoms with Crippen molar-refractivity contribution >= 4 is 51.0 Å². The topological polar surface area (TPSA) is 83.8 Å². The molecule has 0 unspecified atom stereocenters. The maximum absolute atomic E-state index is 12.4. The van der Waals surface area contributed by atoms with Crippen LogP contribution in [0, 0.1) is 13.8 Å². The summed E-state index contributed by atoms with van der Waals surface area (Å²) >= 11 is 11.9. The number of sulfonamides is 1. The third-order valence-electron chi connectivity index (χ3n) is 4.70. The average Bonchev–Trinajstić information content (AvgIpc) is 2.98. The van der Waals surface area contributed by atoms with Gasteiger partial charge in [-0.25, -0.2) is 13.8 Å². The van der Waals surface area contributed by atoms with Crippen LogP contribution in [0.4, 0.5) is 5.69 Å². The molecule has 10 heteroatoms. The van der Waals surface area contributed by atoms with E-state index >= 15 is 0 Å². The van der Waals surface area contributed by atoms with Crippen LogP contribution in [0.25, 0.3) is 5.69 Å². The van der Waals surface area contributed by atoms with Crippen molar-refractivity contribution in [1.82, 2.24) is 9.99 Å². The first-order chi connectivity index (χ1) is 15.1. The van der Waals surface area contributed by atoms with Crippen LogP contribution in [0.5, 0.6) is 0 Å². The number of hydrazone groups is 1. The summed E-state index contributed by atoms with van der Waals surface area (Å²) in [7, 11) is -3.76. The summed E-state index contributed by atoms with van der Waals surface area (Å²) in [5.41, 5.74) is 6.39. The third kappa shape index (κ3) is 5.70. The Morgan fingerprint density at radius 1 is 1.09 bits per heavy atom. The molecular weight excluding hydrogens is 471 g/mol. The second-order valence-corrected chi connectivity index (χ2v) is 9.97. The van der Waals surface area contributed by atoms with Crippen molar-refractivity contribution < 1.29 is 13.2 Å². The SMILES string of the molecule is Cc1cc(/C=N\NC(=O)CN(c2cc(Cl)cc(Cl)c2)S(C)(=O)=O)c(C)n1-c1ccccc1. The molecule has 0 aliphatic heterocycles. The molecule has 1 heterocycles. The number of aryl methyl sites for hydroxylation is 1. The molecule has 0 aliphatic rings. The Hall–Kier alpha value is -2.81. The molecule has 0 atom stereocenters. The van der Waals surface area contributed by atoms with Gasteiger partial charge in [0.15, 0.2) is 0 Å². The lowest BCUT2D eigenvalue weighted by Crippen LogP contribution is -2.39. The molecule has 0 spiro atoms. The number of hydrogen-bond acceptors (Lipinski definition) is 4. The molecule has 0 saturated heterocycles. The molecular formula is C22H22Cl2N4O3S. The van der Waals surface area contributed by atoms with E-state index in [1.807, 2.05) is 50.2 Å². The molecule has 7 nitrogen and oxygen atoms in total. The molecule has 0 bridgehead atoms. The molecule has 1 amide bonds. The molecule has 0 saturated carbocycles.